The van der Waals surface area contributed by atoms with Gasteiger partial charge in [-0.1, -0.05) is 12.1 Å². The van der Waals surface area contributed by atoms with Crippen LogP contribution in [0.5, 0.6) is 0 Å². The second-order valence-corrected chi connectivity index (χ2v) is 4.96. The minimum atomic E-state index is -0.0372. The fourth-order valence-electron chi connectivity index (χ4n) is 1.87. The molecule has 1 aromatic rings. The molecule has 5 heteroatoms. The quantitative estimate of drug-likeness (QED) is 0.668. The van der Waals surface area contributed by atoms with Gasteiger partial charge in [-0.05, 0) is 24.6 Å². The summed E-state index contributed by atoms with van der Waals surface area (Å²) in [5.41, 5.74) is 1.76. The third-order valence-corrected chi connectivity index (χ3v) is 2.76. The summed E-state index contributed by atoms with van der Waals surface area (Å²) in [5, 5.41) is 2.78. The molecule has 0 aliphatic rings. The third kappa shape index (κ3) is 4.57. The monoisotopic (exact) mass is 276 g/mol. The molecule has 110 valence electrons. The van der Waals surface area contributed by atoms with E-state index in [2.05, 4.69) is 10.3 Å². The van der Waals surface area contributed by atoms with E-state index >= 15 is 0 Å². The number of rotatable bonds is 4. The van der Waals surface area contributed by atoms with Gasteiger partial charge < -0.3 is 15.1 Å². The number of guanidine groups is 1. The van der Waals surface area contributed by atoms with Gasteiger partial charge in [0.15, 0.2) is 5.96 Å². The summed E-state index contributed by atoms with van der Waals surface area (Å²) in [6.07, 6.45) is 0. The first-order chi connectivity index (χ1) is 9.45. The van der Waals surface area contributed by atoms with Crippen molar-refractivity contribution in [2.24, 2.45) is 4.99 Å². The van der Waals surface area contributed by atoms with E-state index in [9.17, 15) is 4.79 Å². The highest BCUT2D eigenvalue weighted by Crippen LogP contribution is 2.06. The highest BCUT2D eigenvalue weighted by atomic mass is 16.1. The minimum absolute atomic E-state index is 0.0372. The molecule has 0 bridgehead atoms. The molecule has 0 fully saturated rings. The van der Waals surface area contributed by atoms with E-state index in [1.165, 1.54) is 0 Å². The molecule has 0 saturated carbocycles. The van der Waals surface area contributed by atoms with Crippen LogP contribution in [0.3, 0.4) is 0 Å². The molecule has 20 heavy (non-hydrogen) atoms. The molecular formula is C15H24N4O. The molecule has 1 amide bonds. The van der Waals surface area contributed by atoms with Crippen LogP contribution in [0, 0.1) is 0 Å². The first-order valence-corrected chi connectivity index (χ1v) is 6.72. The van der Waals surface area contributed by atoms with E-state index in [-0.39, 0.29) is 5.91 Å². The van der Waals surface area contributed by atoms with Crippen molar-refractivity contribution in [2.45, 2.75) is 13.5 Å². The van der Waals surface area contributed by atoms with Crippen LogP contribution in [0.15, 0.2) is 29.3 Å². The number of nitrogens with zero attached hydrogens (tertiary/aromatic N) is 3. The standard InChI is InChI=1S/C15H24N4O/c1-6-16-14(20)13-9-7-12(8-10-13)11-17-15(18(2)3)19(4)5/h7-10H,6,11H2,1-5H3,(H,16,20). The molecule has 0 aliphatic carbocycles. The maximum atomic E-state index is 11.6. The molecule has 1 aromatic carbocycles. The van der Waals surface area contributed by atoms with Gasteiger partial charge in [-0.25, -0.2) is 4.99 Å². The van der Waals surface area contributed by atoms with Crippen molar-refractivity contribution in [2.75, 3.05) is 34.7 Å². The van der Waals surface area contributed by atoms with Gasteiger partial charge in [0.25, 0.3) is 5.91 Å². The van der Waals surface area contributed by atoms with E-state index in [0.717, 1.165) is 11.5 Å². The van der Waals surface area contributed by atoms with Crippen molar-refractivity contribution in [3.8, 4) is 0 Å². The van der Waals surface area contributed by atoms with Gasteiger partial charge in [0.2, 0.25) is 0 Å². The second kappa shape index (κ2) is 7.53. The van der Waals surface area contributed by atoms with E-state index in [4.69, 9.17) is 0 Å². The third-order valence-electron chi connectivity index (χ3n) is 2.76. The van der Waals surface area contributed by atoms with Crippen LogP contribution in [0.4, 0.5) is 0 Å². The molecule has 1 N–H and O–H groups in total. The predicted molar refractivity (Wildman–Crippen MR) is 83.0 cm³/mol. The van der Waals surface area contributed by atoms with Gasteiger partial charge in [0.1, 0.15) is 0 Å². The van der Waals surface area contributed by atoms with Crippen LogP contribution < -0.4 is 5.32 Å². The summed E-state index contributed by atoms with van der Waals surface area (Å²) in [7, 11) is 7.88. The summed E-state index contributed by atoms with van der Waals surface area (Å²) in [6.45, 7) is 3.15. The molecule has 0 aromatic heterocycles. The van der Waals surface area contributed by atoms with Crippen LogP contribution in [-0.4, -0.2) is 56.4 Å². The van der Waals surface area contributed by atoms with Crippen molar-refractivity contribution in [3.05, 3.63) is 35.4 Å². The van der Waals surface area contributed by atoms with Crippen LogP contribution in [0.25, 0.3) is 0 Å². The first kappa shape index (κ1) is 16.0. The second-order valence-electron chi connectivity index (χ2n) is 4.96. The number of amides is 1. The van der Waals surface area contributed by atoms with Gasteiger partial charge in [-0.3, -0.25) is 4.79 Å². The first-order valence-electron chi connectivity index (χ1n) is 6.72. The van der Waals surface area contributed by atoms with Gasteiger partial charge in [-0.15, -0.1) is 0 Å². The largest absolute Gasteiger partial charge is 0.352 e. The molecule has 0 heterocycles. The van der Waals surface area contributed by atoms with E-state index in [0.29, 0.717) is 18.7 Å². The maximum absolute atomic E-state index is 11.6. The fourth-order valence-corrected chi connectivity index (χ4v) is 1.87. The van der Waals surface area contributed by atoms with Crippen LogP contribution in [0.1, 0.15) is 22.8 Å². The lowest BCUT2D eigenvalue weighted by Crippen LogP contribution is -2.35. The number of carbonyl (C=O) groups is 1. The predicted octanol–water partition coefficient (Wildman–Crippen LogP) is 1.42. The van der Waals surface area contributed by atoms with Crippen LogP contribution in [-0.2, 0) is 6.54 Å². The Morgan fingerprint density at radius 2 is 1.65 bits per heavy atom. The Bertz CT molecular complexity index is 453. The number of hydrogen-bond donors (Lipinski definition) is 1. The SMILES string of the molecule is CCNC(=O)c1ccc(CN=C(N(C)C)N(C)C)cc1. The number of hydrogen-bond acceptors (Lipinski definition) is 2. The zero-order valence-corrected chi connectivity index (χ0v) is 13.0. The zero-order chi connectivity index (χ0) is 15.1. The van der Waals surface area contributed by atoms with Gasteiger partial charge in [0.05, 0.1) is 6.54 Å². The lowest BCUT2D eigenvalue weighted by atomic mass is 10.1. The van der Waals surface area contributed by atoms with Crippen molar-refractivity contribution in [1.82, 2.24) is 15.1 Å². The van der Waals surface area contributed by atoms with Crippen LogP contribution in [0.2, 0.25) is 0 Å². The van der Waals surface area contributed by atoms with Crippen molar-refractivity contribution in [3.63, 3.8) is 0 Å². The molecule has 0 aliphatic heterocycles. The topological polar surface area (TPSA) is 47.9 Å². The Morgan fingerprint density at radius 1 is 1.10 bits per heavy atom. The highest BCUT2D eigenvalue weighted by molar-refractivity contribution is 5.94. The van der Waals surface area contributed by atoms with E-state index in [1.54, 1.807) is 0 Å². The van der Waals surface area contributed by atoms with Gasteiger partial charge in [0, 0.05) is 40.3 Å². The highest BCUT2D eigenvalue weighted by Gasteiger charge is 2.05. The smallest absolute Gasteiger partial charge is 0.251 e. The maximum Gasteiger partial charge on any atom is 0.251 e. The molecule has 5 nitrogen and oxygen atoms in total. The molecule has 0 saturated heterocycles. The Morgan fingerprint density at radius 3 is 2.10 bits per heavy atom. The summed E-state index contributed by atoms with van der Waals surface area (Å²) in [6, 6.07) is 7.55. The summed E-state index contributed by atoms with van der Waals surface area (Å²) >= 11 is 0. The Kier molecular flexibility index (Phi) is 6.03. The zero-order valence-electron chi connectivity index (χ0n) is 13.0. The normalized spacial score (nSPS) is 9.85. The lowest BCUT2D eigenvalue weighted by Gasteiger charge is -2.22. The van der Waals surface area contributed by atoms with Crippen molar-refractivity contribution < 1.29 is 4.79 Å². The molecule has 1 rings (SSSR count). The van der Waals surface area contributed by atoms with Gasteiger partial charge in [-0.2, -0.15) is 0 Å². The average Bonchev–Trinajstić information content (AvgIpc) is 2.39. The van der Waals surface area contributed by atoms with Gasteiger partial charge >= 0.3 is 0 Å². The molecule has 0 unspecified atom stereocenters. The van der Waals surface area contributed by atoms with E-state index in [1.807, 2.05) is 69.2 Å². The molecular weight excluding hydrogens is 252 g/mol. The molecule has 0 radical (unpaired) electrons. The fraction of sp³-hybridized carbons (Fsp3) is 0.467. The van der Waals surface area contributed by atoms with Crippen LogP contribution >= 0.6 is 0 Å². The Labute approximate surface area is 121 Å². The average molecular weight is 276 g/mol. The Hall–Kier alpha value is -2.04. The number of carbonyl (C=O) groups excluding carboxylic acids is 1. The number of nitrogens with one attached hydrogen (secondary N) is 1. The number of aliphatic imine (C=N–C) groups is 1. The van der Waals surface area contributed by atoms with Crippen molar-refractivity contribution >= 4 is 11.9 Å². The molecule has 0 atom stereocenters. The minimum Gasteiger partial charge on any atom is -0.352 e. The van der Waals surface area contributed by atoms with Crippen molar-refractivity contribution in [1.29, 1.82) is 0 Å². The van der Waals surface area contributed by atoms with E-state index < -0.39 is 0 Å². The Balaban J connectivity index is 2.75. The number of benzene rings is 1. The summed E-state index contributed by atoms with van der Waals surface area (Å²) < 4.78 is 0. The molecule has 0 spiro atoms. The summed E-state index contributed by atoms with van der Waals surface area (Å²) in [4.78, 5) is 20.2. The lowest BCUT2D eigenvalue weighted by molar-refractivity contribution is 0.0956. The summed E-state index contributed by atoms with van der Waals surface area (Å²) in [5.74, 6) is 0.877.